The number of pyridine rings is 1. The molecule has 4 aromatic rings. The Morgan fingerprint density at radius 2 is 1.89 bits per heavy atom. The number of hydrogen-bond donors (Lipinski definition) is 1. The van der Waals surface area contributed by atoms with Crippen LogP contribution in [-0.4, -0.2) is 39.0 Å². The molecule has 0 amide bonds. The monoisotopic (exact) mass is 396 g/mol. The highest BCUT2D eigenvalue weighted by atomic mass is 35.5. The van der Waals surface area contributed by atoms with Crippen LogP contribution in [0.5, 0.6) is 11.5 Å². The quantitative estimate of drug-likeness (QED) is 0.564. The van der Waals surface area contributed by atoms with Crippen molar-refractivity contribution in [3.63, 3.8) is 0 Å². The number of nitrogen functional groups attached to an aromatic ring is 1. The van der Waals surface area contributed by atoms with E-state index in [-0.39, 0.29) is 5.95 Å². The lowest BCUT2D eigenvalue weighted by atomic mass is 10.1. The third-order valence-electron chi connectivity index (χ3n) is 4.31. The second-order valence-electron chi connectivity index (χ2n) is 6.12. The fourth-order valence-corrected chi connectivity index (χ4v) is 3.24. The molecule has 9 heteroatoms. The number of aromatic nitrogens is 5. The van der Waals surface area contributed by atoms with Gasteiger partial charge in [0.05, 0.1) is 31.1 Å². The minimum atomic E-state index is 0.174. The van der Waals surface area contributed by atoms with Gasteiger partial charge in [0.2, 0.25) is 5.95 Å². The predicted octanol–water partition coefficient (Wildman–Crippen LogP) is 3.35. The Morgan fingerprint density at radius 3 is 2.57 bits per heavy atom. The number of nitrogens with two attached hydrogens (primary N) is 1. The van der Waals surface area contributed by atoms with Gasteiger partial charge >= 0.3 is 0 Å². The highest BCUT2D eigenvalue weighted by Gasteiger charge is 2.18. The number of methoxy groups -OCH3 is 2. The molecule has 0 saturated heterocycles. The molecule has 3 heterocycles. The smallest absolute Gasteiger partial charge is 0.220 e. The minimum Gasteiger partial charge on any atom is -0.497 e. The molecule has 0 aliphatic heterocycles. The van der Waals surface area contributed by atoms with Gasteiger partial charge in [-0.05, 0) is 12.1 Å². The number of nitrogens with zero attached hydrogens (tertiary/aromatic N) is 5. The van der Waals surface area contributed by atoms with Crippen LogP contribution in [0.3, 0.4) is 0 Å². The summed E-state index contributed by atoms with van der Waals surface area (Å²) in [5, 5.41) is 5.44. The first-order chi connectivity index (χ1) is 13.5. The van der Waals surface area contributed by atoms with Crippen LogP contribution < -0.4 is 15.2 Å². The van der Waals surface area contributed by atoms with Crippen LogP contribution in [0.25, 0.3) is 33.4 Å². The van der Waals surface area contributed by atoms with E-state index in [0.717, 1.165) is 10.9 Å². The van der Waals surface area contributed by atoms with Crippen LogP contribution in [0.15, 0.2) is 36.8 Å². The molecule has 8 nitrogen and oxygen atoms in total. The van der Waals surface area contributed by atoms with E-state index < -0.39 is 0 Å². The molecule has 2 N–H and O–H groups in total. The molecule has 0 radical (unpaired) electrons. The van der Waals surface area contributed by atoms with Crippen LogP contribution >= 0.6 is 11.6 Å². The van der Waals surface area contributed by atoms with E-state index in [2.05, 4.69) is 15.1 Å². The summed E-state index contributed by atoms with van der Waals surface area (Å²) in [6.45, 7) is 0. The highest BCUT2D eigenvalue weighted by molar-refractivity contribution is 6.34. The van der Waals surface area contributed by atoms with Crippen molar-refractivity contribution in [2.24, 2.45) is 7.05 Å². The van der Waals surface area contributed by atoms with Crippen LogP contribution in [-0.2, 0) is 7.05 Å². The average molecular weight is 397 g/mol. The maximum absolute atomic E-state index is 6.56. The molecule has 28 heavy (non-hydrogen) atoms. The van der Waals surface area contributed by atoms with Gasteiger partial charge in [0.1, 0.15) is 22.7 Å². The third kappa shape index (κ3) is 3.07. The summed E-state index contributed by atoms with van der Waals surface area (Å²) in [7, 11) is 4.97. The van der Waals surface area contributed by atoms with Gasteiger partial charge in [-0.25, -0.2) is 15.0 Å². The summed E-state index contributed by atoms with van der Waals surface area (Å²) < 4.78 is 12.4. The first-order valence-electron chi connectivity index (χ1n) is 8.34. The molecule has 0 atom stereocenters. The summed E-state index contributed by atoms with van der Waals surface area (Å²) in [6, 6.07) is 5.39. The Kier molecular flexibility index (Phi) is 4.48. The molecule has 1 aromatic carbocycles. The molecule has 3 aromatic heterocycles. The normalized spacial score (nSPS) is 11.0. The summed E-state index contributed by atoms with van der Waals surface area (Å²) in [6.07, 6.45) is 5.24. The molecule has 0 saturated carbocycles. The van der Waals surface area contributed by atoms with Crippen molar-refractivity contribution in [3.05, 3.63) is 41.8 Å². The zero-order valence-electron chi connectivity index (χ0n) is 15.5. The van der Waals surface area contributed by atoms with Crippen molar-refractivity contribution >= 4 is 28.5 Å². The van der Waals surface area contributed by atoms with Gasteiger partial charge in [-0.2, -0.15) is 5.10 Å². The Balaban J connectivity index is 2.03. The van der Waals surface area contributed by atoms with E-state index >= 15 is 0 Å². The van der Waals surface area contributed by atoms with Crippen LogP contribution in [0.2, 0.25) is 5.02 Å². The topological polar surface area (TPSA) is 101 Å². The van der Waals surface area contributed by atoms with Crippen molar-refractivity contribution < 1.29 is 9.47 Å². The van der Waals surface area contributed by atoms with Crippen molar-refractivity contribution in [2.45, 2.75) is 0 Å². The number of anilines is 1. The lowest BCUT2D eigenvalue weighted by Crippen LogP contribution is -1.99. The Bertz CT molecular complexity index is 1190. The summed E-state index contributed by atoms with van der Waals surface area (Å²) in [5.74, 6) is 1.28. The molecule has 0 unspecified atom stereocenters. The van der Waals surface area contributed by atoms with Crippen molar-refractivity contribution in [3.8, 4) is 34.0 Å². The fourth-order valence-electron chi connectivity index (χ4n) is 2.96. The molecule has 0 bridgehead atoms. The van der Waals surface area contributed by atoms with Gasteiger partial charge in [0, 0.05) is 42.0 Å². The average Bonchev–Trinajstić information content (AvgIpc) is 3.13. The predicted molar refractivity (Wildman–Crippen MR) is 107 cm³/mol. The van der Waals surface area contributed by atoms with E-state index in [9.17, 15) is 0 Å². The number of benzene rings is 1. The van der Waals surface area contributed by atoms with Crippen molar-refractivity contribution in [1.82, 2.24) is 24.7 Å². The van der Waals surface area contributed by atoms with Crippen LogP contribution in [0.1, 0.15) is 0 Å². The van der Waals surface area contributed by atoms with E-state index in [0.29, 0.717) is 39.0 Å². The lowest BCUT2D eigenvalue weighted by Gasteiger charge is -2.13. The van der Waals surface area contributed by atoms with Gasteiger partial charge in [-0.1, -0.05) is 11.6 Å². The molecule has 0 aliphatic rings. The number of aryl methyl sites for hydroxylation is 1. The van der Waals surface area contributed by atoms with E-state index in [1.54, 1.807) is 37.4 Å². The Labute approximate surface area is 165 Å². The minimum absolute atomic E-state index is 0.174. The summed E-state index contributed by atoms with van der Waals surface area (Å²) >= 11 is 6.56. The number of halogens is 1. The van der Waals surface area contributed by atoms with Crippen molar-refractivity contribution in [2.75, 3.05) is 20.0 Å². The molecule has 142 valence electrons. The van der Waals surface area contributed by atoms with Crippen LogP contribution in [0, 0.1) is 0 Å². The second-order valence-corrected chi connectivity index (χ2v) is 6.49. The zero-order valence-corrected chi connectivity index (χ0v) is 16.2. The highest BCUT2D eigenvalue weighted by Crippen LogP contribution is 2.40. The standard InChI is InChI=1S/C19H17ClN6O2/c1-26-9-11(8-23-26)18-17-10(7-22-19(21)25-17)4-14(24-18)13-5-12(27-2)6-15(28-3)16(13)20/h4-9H,1-3H3,(H2,21,22,25). The van der Waals surface area contributed by atoms with E-state index in [4.69, 9.17) is 31.8 Å². The van der Waals surface area contributed by atoms with E-state index in [1.165, 1.54) is 0 Å². The third-order valence-corrected chi connectivity index (χ3v) is 4.70. The molecule has 0 spiro atoms. The summed E-state index contributed by atoms with van der Waals surface area (Å²) in [5.41, 5.74) is 9.17. The van der Waals surface area contributed by atoms with Crippen molar-refractivity contribution in [1.29, 1.82) is 0 Å². The molecule has 0 aliphatic carbocycles. The van der Waals surface area contributed by atoms with Gasteiger partial charge < -0.3 is 15.2 Å². The first kappa shape index (κ1) is 18.0. The zero-order chi connectivity index (χ0) is 19.8. The van der Waals surface area contributed by atoms with Gasteiger partial charge in [0.25, 0.3) is 0 Å². The van der Waals surface area contributed by atoms with Gasteiger partial charge in [-0.15, -0.1) is 0 Å². The Hall–Kier alpha value is -3.39. The fraction of sp³-hybridized carbons (Fsp3) is 0.158. The largest absolute Gasteiger partial charge is 0.497 e. The van der Waals surface area contributed by atoms with Crippen LogP contribution in [0.4, 0.5) is 5.95 Å². The number of hydrogen-bond acceptors (Lipinski definition) is 7. The van der Waals surface area contributed by atoms with Gasteiger partial charge in [0.15, 0.2) is 0 Å². The summed E-state index contributed by atoms with van der Waals surface area (Å²) in [4.78, 5) is 13.3. The Morgan fingerprint density at radius 1 is 1.07 bits per heavy atom. The first-order valence-corrected chi connectivity index (χ1v) is 8.72. The second kappa shape index (κ2) is 6.97. The molecule has 4 rings (SSSR count). The maximum atomic E-state index is 6.56. The van der Waals surface area contributed by atoms with E-state index in [1.807, 2.05) is 25.4 Å². The SMILES string of the molecule is COc1cc(OC)c(Cl)c(-c2cc3cnc(N)nc3c(-c3cnn(C)c3)n2)c1. The van der Waals surface area contributed by atoms with Gasteiger partial charge in [-0.3, -0.25) is 4.68 Å². The maximum Gasteiger partial charge on any atom is 0.220 e. The molecular formula is C19H17ClN6O2. The number of fused-ring (bicyclic) bond motifs is 1. The number of rotatable bonds is 4. The lowest BCUT2D eigenvalue weighted by molar-refractivity contribution is 0.395. The molecular weight excluding hydrogens is 380 g/mol. The number of ether oxygens (including phenoxy) is 2. The molecule has 0 fully saturated rings.